The zero-order valence-electron chi connectivity index (χ0n) is 15.1. The zero-order valence-corrected chi connectivity index (χ0v) is 16.7. The van der Waals surface area contributed by atoms with Gasteiger partial charge in [-0.25, -0.2) is 4.79 Å². The van der Waals surface area contributed by atoms with Gasteiger partial charge in [0.1, 0.15) is 0 Å². The number of carbonyl (C=O) groups is 3. The fourth-order valence-electron chi connectivity index (χ4n) is 2.18. The first kappa shape index (κ1) is 21.5. The predicted molar refractivity (Wildman–Crippen MR) is 111 cm³/mol. The summed E-state index contributed by atoms with van der Waals surface area (Å²) in [5.41, 5.74) is 1.46. The normalized spacial score (nSPS) is 10.1. The predicted octanol–water partition coefficient (Wildman–Crippen LogP) is 3.89. The molecule has 4 N–H and O–H groups in total. The molecule has 0 unspecified atom stereocenters. The largest absolute Gasteiger partial charge is 0.354 e. The molecule has 0 atom stereocenters. The second-order valence-electron chi connectivity index (χ2n) is 5.74. The zero-order chi connectivity index (χ0) is 20.5. The smallest absolute Gasteiger partial charge is 0.323 e. The maximum Gasteiger partial charge on any atom is 0.323 e. The van der Waals surface area contributed by atoms with E-state index < -0.39 is 6.03 Å². The fraction of sp³-hybridized carbons (Fsp3) is 0.211. The molecule has 0 bridgehead atoms. The Kier molecular flexibility index (Phi) is 8.10. The first-order valence-corrected chi connectivity index (χ1v) is 9.32. The van der Waals surface area contributed by atoms with Crippen molar-refractivity contribution >= 4 is 52.4 Å². The lowest BCUT2D eigenvalue weighted by atomic mass is 10.2. The number of rotatable bonds is 7. The topological polar surface area (TPSA) is 99.3 Å². The molecule has 0 radical (unpaired) electrons. The van der Waals surface area contributed by atoms with Gasteiger partial charge in [-0.1, -0.05) is 30.1 Å². The molecule has 28 heavy (non-hydrogen) atoms. The minimum absolute atomic E-state index is 0.0659. The van der Waals surface area contributed by atoms with Gasteiger partial charge in [0, 0.05) is 36.4 Å². The lowest BCUT2D eigenvalue weighted by Crippen LogP contribution is -2.34. The molecule has 0 aliphatic carbocycles. The first-order valence-electron chi connectivity index (χ1n) is 8.57. The Bertz CT molecular complexity index is 857. The van der Waals surface area contributed by atoms with E-state index in [2.05, 4.69) is 21.3 Å². The minimum atomic E-state index is -0.456. The highest BCUT2D eigenvalue weighted by atomic mass is 35.5. The van der Waals surface area contributed by atoms with Gasteiger partial charge in [0.25, 0.3) is 5.91 Å². The Hall–Kier alpha value is -2.77. The quantitative estimate of drug-likeness (QED) is 0.509. The molecule has 7 nitrogen and oxygen atoms in total. The third-order valence-electron chi connectivity index (χ3n) is 3.64. The summed E-state index contributed by atoms with van der Waals surface area (Å²) < 4.78 is 0. The molecule has 9 heteroatoms. The summed E-state index contributed by atoms with van der Waals surface area (Å²) in [6.07, 6.45) is 0.404. The number of carbonyl (C=O) groups excluding carboxylic acids is 3. The van der Waals surface area contributed by atoms with Crippen LogP contribution in [0.25, 0.3) is 0 Å². The lowest BCUT2D eigenvalue weighted by Gasteiger charge is -2.09. The van der Waals surface area contributed by atoms with Gasteiger partial charge in [-0.05, 0) is 42.5 Å². The van der Waals surface area contributed by atoms with Crippen LogP contribution in [0.2, 0.25) is 10.0 Å². The Morgan fingerprint density at radius 2 is 1.43 bits per heavy atom. The van der Waals surface area contributed by atoms with Gasteiger partial charge in [0.05, 0.1) is 10.0 Å². The van der Waals surface area contributed by atoms with Crippen molar-refractivity contribution in [2.75, 3.05) is 23.7 Å². The van der Waals surface area contributed by atoms with Gasteiger partial charge < -0.3 is 21.3 Å². The van der Waals surface area contributed by atoms with Crippen LogP contribution in [0.5, 0.6) is 0 Å². The number of amides is 4. The van der Waals surface area contributed by atoms with Gasteiger partial charge in [-0.2, -0.15) is 0 Å². The number of nitrogens with one attached hydrogen (secondary N) is 4. The highest BCUT2D eigenvalue weighted by molar-refractivity contribution is 6.42. The van der Waals surface area contributed by atoms with E-state index in [0.29, 0.717) is 46.5 Å². The van der Waals surface area contributed by atoms with Crippen molar-refractivity contribution in [1.29, 1.82) is 0 Å². The van der Waals surface area contributed by atoms with Crippen LogP contribution in [-0.4, -0.2) is 30.9 Å². The maximum absolute atomic E-state index is 12.0. The van der Waals surface area contributed by atoms with Crippen LogP contribution in [0.1, 0.15) is 23.7 Å². The Labute approximate surface area is 172 Å². The van der Waals surface area contributed by atoms with Crippen LogP contribution in [0.4, 0.5) is 16.2 Å². The van der Waals surface area contributed by atoms with Crippen LogP contribution >= 0.6 is 23.2 Å². The van der Waals surface area contributed by atoms with E-state index in [1.165, 1.54) is 0 Å². The van der Waals surface area contributed by atoms with E-state index in [-0.39, 0.29) is 11.8 Å². The molecule has 0 fully saturated rings. The van der Waals surface area contributed by atoms with Crippen molar-refractivity contribution in [1.82, 2.24) is 10.6 Å². The number of benzene rings is 2. The molecule has 0 spiro atoms. The molecule has 0 heterocycles. The Morgan fingerprint density at radius 3 is 2.07 bits per heavy atom. The van der Waals surface area contributed by atoms with E-state index in [1.54, 1.807) is 49.4 Å². The number of anilines is 2. The fourth-order valence-corrected chi connectivity index (χ4v) is 2.48. The summed E-state index contributed by atoms with van der Waals surface area (Å²) >= 11 is 11.7. The lowest BCUT2D eigenvalue weighted by molar-refractivity contribution is -0.120. The molecular formula is C19H20Cl2N4O3. The summed E-state index contributed by atoms with van der Waals surface area (Å²) in [6, 6.07) is 10.7. The summed E-state index contributed by atoms with van der Waals surface area (Å²) in [5, 5.41) is 11.4. The van der Waals surface area contributed by atoms with Crippen molar-refractivity contribution in [3.05, 3.63) is 58.1 Å². The molecule has 2 aromatic rings. The van der Waals surface area contributed by atoms with Gasteiger partial charge >= 0.3 is 6.03 Å². The number of halogens is 2. The van der Waals surface area contributed by atoms with Gasteiger partial charge in [-0.3, -0.25) is 9.59 Å². The third-order valence-corrected chi connectivity index (χ3v) is 4.38. The average Bonchev–Trinajstić information content (AvgIpc) is 2.68. The summed E-state index contributed by atoms with van der Waals surface area (Å²) in [6.45, 7) is 2.46. The van der Waals surface area contributed by atoms with Crippen molar-refractivity contribution in [3.8, 4) is 0 Å². The number of hydrogen-bond donors (Lipinski definition) is 4. The molecule has 0 aromatic heterocycles. The molecule has 0 saturated carbocycles. The van der Waals surface area contributed by atoms with Gasteiger partial charge in [0.2, 0.25) is 5.91 Å². The summed E-state index contributed by atoms with van der Waals surface area (Å²) in [7, 11) is 0. The van der Waals surface area contributed by atoms with Crippen LogP contribution in [0.3, 0.4) is 0 Å². The average molecular weight is 423 g/mol. The third kappa shape index (κ3) is 6.75. The molecule has 2 aromatic carbocycles. The van der Waals surface area contributed by atoms with E-state index in [9.17, 15) is 14.4 Å². The summed E-state index contributed by atoms with van der Waals surface area (Å²) in [4.78, 5) is 35.2. The highest BCUT2D eigenvalue weighted by Crippen LogP contribution is 2.25. The van der Waals surface area contributed by atoms with Crippen LogP contribution in [-0.2, 0) is 4.79 Å². The van der Waals surface area contributed by atoms with Crippen LogP contribution in [0, 0.1) is 0 Å². The van der Waals surface area contributed by atoms with E-state index in [1.807, 2.05) is 0 Å². The first-order chi connectivity index (χ1) is 13.4. The molecule has 0 aliphatic rings. The second-order valence-corrected chi connectivity index (χ2v) is 6.56. The number of urea groups is 1. The van der Waals surface area contributed by atoms with E-state index >= 15 is 0 Å². The monoisotopic (exact) mass is 422 g/mol. The van der Waals surface area contributed by atoms with Crippen molar-refractivity contribution in [2.24, 2.45) is 0 Å². The molecule has 148 valence electrons. The standard InChI is InChI=1S/C19H20Cl2N4O3/c1-2-17(26)22-9-10-23-18(27)12-3-5-13(6-4-12)24-19(28)25-14-7-8-15(20)16(21)11-14/h3-8,11H,2,9-10H2,1H3,(H,22,26)(H,23,27)(H2,24,25,28). The highest BCUT2D eigenvalue weighted by Gasteiger charge is 2.08. The molecule has 0 aliphatic heterocycles. The minimum Gasteiger partial charge on any atom is -0.354 e. The van der Waals surface area contributed by atoms with Crippen molar-refractivity contribution in [3.63, 3.8) is 0 Å². The van der Waals surface area contributed by atoms with E-state index in [0.717, 1.165) is 0 Å². The van der Waals surface area contributed by atoms with Crippen LogP contribution < -0.4 is 21.3 Å². The molecule has 4 amide bonds. The van der Waals surface area contributed by atoms with E-state index in [4.69, 9.17) is 23.2 Å². The SMILES string of the molecule is CCC(=O)NCCNC(=O)c1ccc(NC(=O)Nc2ccc(Cl)c(Cl)c2)cc1. The number of hydrogen-bond acceptors (Lipinski definition) is 3. The maximum atomic E-state index is 12.0. The van der Waals surface area contributed by atoms with Gasteiger partial charge in [-0.15, -0.1) is 0 Å². The van der Waals surface area contributed by atoms with Crippen molar-refractivity contribution < 1.29 is 14.4 Å². The van der Waals surface area contributed by atoms with Crippen LogP contribution in [0.15, 0.2) is 42.5 Å². The Morgan fingerprint density at radius 1 is 0.821 bits per heavy atom. The molecule has 2 rings (SSSR count). The van der Waals surface area contributed by atoms with Crippen molar-refractivity contribution in [2.45, 2.75) is 13.3 Å². The molecule has 0 saturated heterocycles. The second kappa shape index (κ2) is 10.5. The molecular weight excluding hydrogens is 403 g/mol. The Balaban J connectivity index is 1.82. The van der Waals surface area contributed by atoms with Gasteiger partial charge in [0.15, 0.2) is 0 Å². The summed E-state index contributed by atoms with van der Waals surface area (Å²) in [5.74, 6) is -0.332.